The van der Waals surface area contributed by atoms with Gasteiger partial charge in [0.2, 0.25) is 5.91 Å². The fourth-order valence-corrected chi connectivity index (χ4v) is 6.59. The van der Waals surface area contributed by atoms with E-state index in [-0.39, 0.29) is 5.41 Å². The zero-order valence-electron chi connectivity index (χ0n) is 15.9. The summed E-state index contributed by atoms with van der Waals surface area (Å²) in [6, 6.07) is 2.51. The molecule has 1 saturated heterocycles. The van der Waals surface area contributed by atoms with Gasteiger partial charge in [-0.2, -0.15) is 13.2 Å². The van der Waals surface area contributed by atoms with Gasteiger partial charge in [0.25, 0.3) is 0 Å². The van der Waals surface area contributed by atoms with Crippen LogP contribution in [0.25, 0.3) is 0 Å². The second kappa shape index (κ2) is 6.36. The van der Waals surface area contributed by atoms with Crippen LogP contribution in [0, 0.1) is 23.2 Å². The van der Waals surface area contributed by atoms with Crippen molar-refractivity contribution in [3.8, 4) is 0 Å². The van der Waals surface area contributed by atoms with Crippen LogP contribution in [0.3, 0.4) is 0 Å². The number of carbonyl (C=O) groups excluding carboxylic acids is 1. The Labute approximate surface area is 163 Å². The van der Waals surface area contributed by atoms with Gasteiger partial charge in [-0.3, -0.25) is 4.79 Å². The molecule has 1 aliphatic heterocycles. The molecular weight excluding hydrogens is 367 g/mol. The van der Waals surface area contributed by atoms with E-state index in [1.54, 1.807) is 0 Å². The summed E-state index contributed by atoms with van der Waals surface area (Å²) >= 11 is 0. The maximum Gasteiger partial charge on any atom is 0.417 e. The zero-order chi connectivity index (χ0) is 19.5. The number of nitrogens with zero attached hydrogens (tertiary/aromatic N) is 3. The van der Waals surface area contributed by atoms with Crippen LogP contribution >= 0.6 is 0 Å². The molecule has 5 fully saturated rings. The second-order valence-electron chi connectivity index (χ2n) is 9.38. The lowest BCUT2D eigenvalue weighted by Crippen LogP contribution is -2.58. The number of hydrogen-bond acceptors (Lipinski definition) is 3. The Morgan fingerprint density at radius 2 is 1.54 bits per heavy atom. The van der Waals surface area contributed by atoms with Crippen molar-refractivity contribution in [3.63, 3.8) is 0 Å². The molecule has 1 aromatic heterocycles. The fraction of sp³-hybridized carbons (Fsp3) is 0.714. The molecule has 4 aliphatic carbocycles. The van der Waals surface area contributed by atoms with Crippen LogP contribution in [0.1, 0.15) is 44.1 Å². The predicted molar refractivity (Wildman–Crippen MR) is 98.6 cm³/mol. The van der Waals surface area contributed by atoms with E-state index in [4.69, 9.17) is 0 Å². The number of alkyl halides is 3. The summed E-state index contributed by atoms with van der Waals surface area (Å²) < 4.78 is 38.1. The Balaban J connectivity index is 1.23. The third-order valence-corrected chi connectivity index (χ3v) is 7.46. The van der Waals surface area contributed by atoms with Crippen molar-refractivity contribution in [2.75, 3.05) is 31.1 Å². The van der Waals surface area contributed by atoms with Crippen LogP contribution in [0.2, 0.25) is 0 Å². The Morgan fingerprint density at radius 1 is 0.964 bits per heavy atom. The van der Waals surface area contributed by atoms with Gasteiger partial charge in [-0.25, -0.2) is 4.98 Å². The first-order chi connectivity index (χ1) is 13.3. The first kappa shape index (κ1) is 18.3. The third-order valence-electron chi connectivity index (χ3n) is 7.46. The molecule has 6 rings (SSSR count). The largest absolute Gasteiger partial charge is 0.417 e. The Kier molecular flexibility index (Phi) is 4.14. The zero-order valence-corrected chi connectivity index (χ0v) is 15.9. The van der Waals surface area contributed by atoms with Gasteiger partial charge in [-0.15, -0.1) is 0 Å². The average molecular weight is 393 g/mol. The van der Waals surface area contributed by atoms with Crippen LogP contribution in [0.4, 0.5) is 19.0 Å². The van der Waals surface area contributed by atoms with Crippen molar-refractivity contribution in [2.45, 2.75) is 44.7 Å². The summed E-state index contributed by atoms with van der Waals surface area (Å²) in [4.78, 5) is 21.4. The number of rotatable bonds is 2. The molecule has 0 N–H and O–H groups in total. The molecule has 4 saturated carbocycles. The van der Waals surface area contributed by atoms with Crippen LogP contribution in [-0.2, 0) is 11.0 Å². The quantitative estimate of drug-likeness (QED) is 0.763. The molecule has 0 spiro atoms. The van der Waals surface area contributed by atoms with E-state index in [9.17, 15) is 18.0 Å². The van der Waals surface area contributed by atoms with E-state index in [1.807, 2.05) is 9.80 Å². The number of pyridine rings is 1. The SMILES string of the molecule is O=C(N1CCN(c2ccc(C(F)(F)F)cn2)CC1)C12CC3CC(CC(C3)C1)C2. The number of amides is 1. The molecule has 5 aliphatic rings. The summed E-state index contributed by atoms with van der Waals surface area (Å²) in [5.41, 5.74) is -0.851. The second-order valence-corrected chi connectivity index (χ2v) is 9.38. The summed E-state index contributed by atoms with van der Waals surface area (Å²) in [6.45, 7) is 2.50. The fourth-order valence-electron chi connectivity index (χ4n) is 6.59. The van der Waals surface area contributed by atoms with Crippen LogP contribution < -0.4 is 4.90 Å². The third kappa shape index (κ3) is 3.07. The molecule has 28 heavy (non-hydrogen) atoms. The maximum atomic E-state index is 13.4. The normalized spacial score (nSPS) is 34.8. The van der Waals surface area contributed by atoms with Crippen molar-refractivity contribution in [2.24, 2.45) is 23.2 Å². The number of halogens is 3. The van der Waals surface area contributed by atoms with Crippen molar-refractivity contribution in [1.29, 1.82) is 0 Å². The highest BCUT2D eigenvalue weighted by molar-refractivity contribution is 5.83. The van der Waals surface area contributed by atoms with Crippen molar-refractivity contribution in [3.05, 3.63) is 23.9 Å². The molecule has 152 valence electrons. The van der Waals surface area contributed by atoms with Crippen LogP contribution in [-0.4, -0.2) is 42.0 Å². The average Bonchev–Trinajstić information content (AvgIpc) is 2.66. The molecule has 0 unspecified atom stereocenters. The molecule has 4 nitrogen and oxygen atoms in total. The molecule has 1 aromatic rings. The summed E-state index contributed by atoms with van der Waals surface area (Å²) in [6.07, 6.45) is 3.69. The molecule has 0 radical (unpaired) electrons. The number of anilines is 1. The Hall–Kier alpha value is -1.79. The van der Waals surface area contributed by atoms with Gasteiger partial charge in [0.1, 0.15) is 5.82 Å². The standard InChI is InChI=1S/C21H26F3N3O/c22-21(23,24)17-1-2-18(25-13-17)26-3-5-27(6-4-26)19(28)20-10-14-7-15(11-20)9-16(8-14)12-20/h1-2,13-16H,3-12H2. The smallest absolute Gasteiger partial charge is 0.353 e. The van der Waals surface area contributed by atoms with Gasteiger partial charge in [-0.05, 0) is 68.4 Å². The number of hydrogen-bond donors (Lipinski definition) is 0. The lowest BCUT2D eigenvalue weighted by molar-refractivity contribution is -0.158. The summed E-state index contributed by atoms with van der Waals surface area (Å²) in [5, 5.41) is 0. The minimum Gasteiger partial charge on any atom is -0.353 e. The van der Waals surface area contributed by atoms with Crippen LogP contribution in [0.15, 0.2) is 18.3 Å². The minimum absolute atomic E-state index is 0.122. The predicted octanol–water partition coefficient (Wildman–Crippen LogP) is 3.97. The van der Waals surface area contributed by atoms with Crippen molar-refractivity contribution in [1.82, 2.24) is 9.88 Å². The first-order valence-electron chi connectivity index (χ1n) is 10.4. The number of piperazine rings is 1. The molecule has 4 bridgehead atoms. The minimum atomic E-state index is -4.37. The lowest BCUT2D eigenvalue weighted by Gasteiger charge is -2.57. The lowest BCUT2D eigenvalue weighted by atomic mass is 9.49. The van der Waals surface area contributed by atoms with E-state index >= 15 is 0 Å². The highest BCUT2D eigenvalue weighted by Gasteiger charge is 2.55. The van der Waals surface area contributed by atoms with Crippen molar-refractivity contribution < 1.29 is 18.0 Å². The van der Waals surface area contributed by atoms with Gasteiger partial charge in [-0.1, -0.05) is 0 Å². The molecular formula is C21H26F3N3O. The van der Waals surface area contributed by atoms with Gasteiger partial charge < -0.3 is 9.80 Å². The van der Waals surface area contributed by atoms with Gasteiger partial charge in [0.05, 0.1) is 11.0 Å². The highest BCUT2D eigenvalue weighted by atomic mass is 19.4. The van der Waals surface area contributed by atoms with Gasteiger partial charge >= 0.3 is 6.18 Å². The Morgan fingerprint density at radius 3 is 2.00 bits per heavy atom. The van der Waals surface area contributed by atoms with E-state index in [1.165, 1.54) is 25.3 Å². The maximum absolute atomic E-state index is 13.4. The monoisotopic (exact) mass is 393 g/mol. The molecule has 2 heterocycles. The van der Waals surface area contributed by atoms with Gasteiger partial charge in [0, 0.05) is 32.4 Å². The van der Waals surface area contributed by atoms with E-state index in [0.29, 0.717) is 37.9 Å². The summed E-state index contributed by atoms with van der Waals surface area (Å²) in [5.74, 6) is 3.12. The van der Waals surface area contributed by atoms with E-state index in [0.717, 1.165) is 49.3 Å². The number of carbonyl (C=O) groups is 1. The van der Waals surface area contributed by atoms with E-state index < -0.39 is 11.7 Å². The molecule has 1 amide bonds. The summed E-state index contributed by atoms with van der Waals surface area (Å²) in [7, 11) is 0. The van der Waals surface area contributed by atoms with Gasteiger partial charge in [0.15, 0.2) is 0 Å². The topological polar surface area (TPSA) is 36.4 Å². The molecule has 0 aromatic carbocycles. The highest BCUT2D eigenvalue weighted by Crippen LogP contribution is 2.60. The number of aromatic nitrogens is 1. The first-order valence-corrected chi connectivity index (χ1v) is 10.4. The Bertz CT molecular complexity index is 718. The molecule has 0 atom stereocenters. The van der Waals surface area contributed by atoms with Crippen molar-refractivity contribution >= 4 is 11.7 Å². The molecule has 7 heteroatoms. The van der Waals surface area contributed by atoms with E-state index in [2.05, 4.69) is 4.98 Å². The van der Waals surface area contributed by atoms with Crippen LogP contribution in [0.5, 0.6) is 0 Å².